The first-order valence-electron chi connectivity index (χ1n) is 8.34. The van der Waals surface area contributed by atoms with Gasteiger partial charge in [0.25, 0.3) is 0 Å². The molecule has 0 aliphatic carbocycles. The van der Waals surface area contributed by atoms with Gasteiger partial charge in [-0.05, 0) is 38.5 Å². The van der Waals surface area contributed by atoms with Crippen LogP contribution < -0.4 is 4.74 Å². The summed E-state index contributed by atoms with van der Waals surface area (Å²) in [6, 6.07) is 6.03. The van der Waals surface area contributed by atoms with E-state index in [-0.39, 0.29) is 19.3 Å². The zero-order valence-electron chi connectivity index (χ0n) is 15.6. The molecule has 0 bridgehead atoms. The molecule has 150 valence electrons. The molecule has 0 aromatic heterocycles. The van der Waals surface area contributed by atoms with Gasteiger partial charge in [-0.3, -0.25) is 9.59 Å². The highest BCUT2D eigenvalue weighted by atomic mass is 19.4. The van der Waals surface area contributed by atoms with Gasteiger partial charge >= 0.3 is 18.1 Å². The number of ether oxygens (including phenoxy) is 3. The Morgan fingerprint density at radius 3 is 1.89 bits per heavy atom. The average molecular weight is 388 g/mol. The van der Waals surface area contributed by atoms with Gasteiger partial charge in [-0.15, -0.1) is 0 Å². The Morgan fingerprint density at radius 1 is 1.04 bits per heavy atom. The monoisotopic (exact) mass is 388 g/mol. The molecule has 0 radical (unpaired) electrons. The Labute approximate surface area is 156 Å². The van der Waals surface area contributed by atoms with Gasteiger partial charge in [-0.25, -0.2) is 0 Å². The molecular formula is C19H23F3O5. The van der Waals surface area contributed by atoms with Crippen LogP contribution in [0.5, 0.6) is 5.75 Å². The minimum Gasteiger partial charge on any atom is -0.497 e. The normalized spacial score (nSPS) is 13.3. The van der Waals surface area contributed by atoms with Crippen LogP contribution >= 0.6 is 0 Å². The molecule has 0 fully saturated rings. The predicted molar refractivity (Wildman–Crippen MR) is 92.3 cm³/mol. The Bertz CT molecular complexity index is 647. The van der Waals surface area contributed by atoms with Crippen LogP contribution in [0.3, 0.4) is 0 Å². The lowest BCUT2D eigenvalue weighted by Gasteiger charge is -2.32. The van der Waals surface area contributed by atoms with Crippen molar-refractivity contribution in [3.8, 4) is 5.75 Å². The summed E-state index contributed by atoms with van der Waals surface area (Å²) in [4.78, 5) is 25.2. The van der Waals surface area contributed by atoms with Crippen molar-refractivity contribution in [2.75, 3.05) is 20.3 Å². The van der Waals surface area contributed by atoms with E-state index in [1.165, 1.54) is 52.1 Å². The molecule has 1 aromatic rings. The van der Waals surface area contributed by atoms with Gasteiger partial charge in [0.1, 0.15) is 5.75 Å². The van der Waals surface area contributed by atoms with Crippen molar-refractivity contribution < 1.29 is 37.0 Å². The summed E-state index contributed by atoms with van der Waals surface area (Å²) in [5, 5.41) is 0. The Morgan fingerprint density at radius 2 is 1.52 bits per heavy atom. The fourth-order valence-corrected chi connectivity index (χ4v) is 2.55. The summed E-state index contributed by atoms with van der Waals surface area (Å²) in [6.45, 7) is 4.23. The van der Waals surface area contributed by atoms with E-state index in [0.29, 0.717) is 11.3 Å². The highest BCUT2D eigenvalue weighted by molar-refractivity contribution is 6.01. The number of halogens is 3. The zero-order valence-corrected chi connectivity index (χ0v) is 15.6. The van der Waals surface area contributed by atoms with E-state index in [2.05, 4.69) is 0 Å². The Hall–Kier alpha value is -2.51. The number of carbonyl (C=O) groups is 2. The number of benzene rings is 1. The number of alkyl halides is 3. The summed E-state index contributed by atoms with van der Waals surface area (Å²) in [7, 11) is 1.44. The van der Waals surface area contributed by atoms with E-state index >= 15 is 0 Å². The van der Waals surface area contributed by atoms with Crippen LogP contribution in [0.2, 0.25) is 0 Å². The van der Waals surface area contributed by atoms with Crippen LogP contribution in [0.15, 0.2) is 36.4 Å². The van der Waals surface area contributed by atoms with Gasteiger partial charge < -0.3 is 14.2 Å². The highest BCUT2D eigenvalue weighted by Gasteiger charge is 2.51. The van der Waals surface area contributed by atoms with Crippen LogP contribution in [0.25, 0.3) is 0 Å². The second-order valence-corrected chi connectivity index (χ2v) is 5.79. The third-order valence-electron chi connectivity index (χ3n) is 3.97. The zero-order chi connectivity index (χ0) is 20.7. The maximum atomic E-state index is 12.8. The fourth-order valence-electron chi connectivity index (χ4n) is 2.55. The van der Waals surface area contributed by atoms with E-state index in [4.69, 9.17) is 14.2 Å². The van der Waals surface area contributed by atoms with E-state index in [9.17, 15) is 22.8 Å². The molecule has 0 heterocycles. The van der Waals surface area contributed by atoms with Crippen molar-refractivity contribution >= 4 is 11.9 Å². The van der Waals surface area contributed by atoms with Gasteiger partial charge in [0.2, 0.25) is 0 Å². The van der Waals surface area contributed by atoms with Crippen LogP contribution in [-0.2, 0) is 19.1 Å². The first-order chi connectivity index (χ1) is 12.6. The predicted octanol–water partition coefficient (Wildman–Crippen LogP) is 4.03. The summed E-state index contributed by atoms with van der Waals surface area (Å²) in [6.07, 6.45) is -3.84. The van der Waals surface area contributed by atoms with Gasteiger partial charge in [0.05, 0.1) is 20.3 Å². The van der Waals surface area contributed by atoms with E-state index in [1.807, 2.05) is 0 Å². The smallest absolute Gasteiger partial charge is 0.409 e. The second kappa shape index (κ2) is 9.43. The molecule has 1 atom stereocenters. The third-order valence-corrected chi connectivity index (χ3v) is 3.97. The number of carbonyl (C=O) groups excluding carboxylic acids is 2. The molecule has 8 heteroatoms. The quantitative estimate of drug-likeness (QED) is 0.382. The average Bonchev–Trinajstić information content (AvgIpc) is 2.61. The molecule has 0 aliphatic heterocycles. The molecule has 0 unspecified atom stereocenters. The summed E-state index contributed by atoms with van der Waals surface area (Å²) in [5.74, 6) is -2.71. The van der Waals surface area contributed by atoms with Crippen molar-refractivity contribution in [2.45, 2.75) is 32.9 Å². The topological polar surface area (TPSA) is 61.8 Å². The molecule has 1 rings (SSSR count). The van der Waals surface area contributed by atoms with Crippen LogP contribution in [-0.4, -0.2) is 38.4 Å². The standard InChI is InChI=1S/C19H23F3O5/c1-5-26-16(23)18(3,17(24)27-6-2)15(11-12-19(20,21)22)13-7-9-14(25-4)10-8-13/h7-12,15H,5-6H2,1-4H3/b12-11+/t15-/m0/s1. The Kier molecular flexibility index (Phi) is 7.87. The number of allylic oxidation sites excluding steroid dienone is 2. The molecule has 0 N–H and O–H groups in total. The third kappa shape index (κ3) is 5.74. The van der Waals surface area contributed by atoms with Crippen molar-refractivity contribution in [2.24, 2.45) is 5.41 Å². The van der Waals surface area contributed by atoms with E-state index in [0.717, 1.165) is 6.08 Å². The lowest BCUT2D eigenvalue weighted by atomic mass is 9.73. The molecule has 0 spiro atoms. The van der Waals surface area contributed by atoms with Crippen molar-refractivity contribution in [1.82, 2.24) is 0 Å². The minimum absolute atomic E-state index is 0.00139. The molecule has 27 heavy (non-hydrogen) atoms. The number of methoxy groups -OCH3 is 1. The Balaban J connectivity index is 3.54. The van der Waals surface area contributed by atoms with E-state index in [1.54, 1.807) is 0 Å². The van der Waals surface area contributed by atoms with Crippen LogP contribution in [0.4, 0.5) is 13.2 Å². The molecule has 0 aliphatic rings. The van der Waals surface area contributed by atoms with Crippen molar-refractivity contribution in [1.29, 1.82) is 0 Å². The molecule has 0 amide bonds. The maximum Gasteiger partial charge on any atom is 0.409 e. The number of esters is 2. The van der Waals surface area contributed by atoms with Crippen LogP contribution in [0.1, 0.15) is 32.3 Å². The second-order valence-electron chi connectivity index (χ2n) is 5.79. The number of rotatable bonds is 8. The first-order valence-corrected chi connectivity index (χ1v) is 8.34. The molecule has 5 nitrogen and oxygen atoms in total. The molecule has 1 aromatic carbocycles. The SMILES string of the molecule is CCOC(=O)C(C)(C(=O)OCC)[C@@H](/C=C/C(F)(F)F)c1ccc(OC)cc1. The number of hydrogen-bond donors (Lipinski definition) is 0. The minimum atomic E-state index is -4.62. The molecule has 0 saturated carbocycles. The van der Waals surface area contributed by atoms with Gasteiger partial charge in [-0.2, -0.15) is 13.2 Å². The number of hydrogen-bond acceptors (Lipinski definition) is 5. The van der Waals surface area contributed by atoms with Crippen molar-refractivity contribution in [3.05, 3.63) is 42.0 Å². The lowest BCUT2D eigenvalue weighted by molar-refractivity contribution is -0.171. The van der Waals surface area contributed by atoms with Crippen LogP contribution in [0, 0.1) is 5.41 Å². The van der Waals surface area contributed by atoms with E-state index < -0.39 is 29.4 Å². The van der Waals surface area contributed by atoms with Gasteiger partial charge in [0, 0.05) is 12.0 Å². The largest absolute Gasteiger partial charge is 0.497 e. The highest BCUT2D eigenvalue weighted by Crippen LogP contribution is 2.41. The fraction of sp³-hybridized carbons (Fsp3) is 0.474. The van der Waals surface area contributed by atoms with Gasteiger partial charge in [-0.1, -0.05) is 18.2 Å². The summed E-state index contributed by atoms with van der Waals surface area (Å²) < 4.78 is 53.4. The molecular weight excluding hydrogens is 365 g/mol. The first kappa shape index (κ1) is 22.5. The van der Waals surface area contributed by atoms with Crippen molar-refractivity contribution in [3.63, 3.8) is 0 Å². The maximum absolute atomic E-state index is 12.8. The summed E-state index contributed by atoms with van der Waals surface area (Å²) in [5.41, 5.74) is -1.69. The summed E-state index contributed by atoms with van der Waals surface area (Å²) >= 11 is 0. The lowest BCUT2D eigenvalue weighted by Crippen LogP contribution is -2.44. The molecule has 0 saturated heterocycles. The van der Waals surface area contributed by atoms with Gasteiger partial charge in [0.15, 0.2) is 5.41 Å².